The summed E-state index contributed by atoms with van der Waals surface area (Å²) in [6.45, 7) is 0. The highest BCUT2D eigenvalue weighted by Gasteiger charge is 2.59. The number of amides is 1. The third kappa shape index (κ3) is 2.60. The van der Waals surface area contributed by atoms with Crippen LogP contribution in [0.25, 0.3) is 0 Å². The number of anilines is 1. The lowest BCUT2D eigenvalue weighted by atomic mass is 10.1. The van der Waals surface area contributed by atoms with Crippen molar-refractivity contribution in [3.8, 4) is 6.07 Å². The van der Waals surface area contributed by atoms with Crippen LogP contribution >= 0.6 is 0 Å². The number of fused-ring (bicyclic) bond motifs is 1. The van der Waals surface area contributed by atoms with Crippen LogP contribution in [0.5, 0.6) is 0 Å². The molecule has 4 rings (SSSR count). The van der Waals surface area contributed by atoms with Gasteiger partial charge in [-0.25, -0.2) is 13.8 Å². The van der Waals surface area contributed by atoms with Gasteiger partial charge in [0, 0.05) is 24.7 Å². The standard InChI is InChI=1S/C19H14F2N4O/c1-25(12-5-2-10(9-22)3-6-12)19-23-17-15(16(17)18(26)24-19)13-7-4-11(20)8-14(13)21/h2-8,15-17H,1H3,(H,23,24,26). The highest BCUT2D eigenvalue weighted by atomic mass is 19.1. The number of carbonyl (C=O) groups is 1. The highest BCUT2D eigenvalue weighted by molar-refractivity contribution is 6.09. The number of halogens is 2. The second kappa shape index (κ2) is 5.92. The monoisotopic (exact) mass is 352 g/mol. The van der Waals surface area contributed by atoms with Gasteiger partial charge in [0.25, 0.3) is 0 Å². The molecule has 130 valence electrons. The van der Waals surface area contributed by atoms with Gasteiger partial charge in [0.1, 0.15) is 11.6 Å². The molecule has 1 amide bonds. The Morgan fingerprint density at radius 3 is 2.54 bits per heavy atom. The van der Waals surface area contributed by atoms with Crippen LogP contribution < -0.4 is 10.2 Å². The molecule has 1 heterocycles. The van der Waals surface area contributed by atoms with Crippen LogP contribution in [-0.4, -0.2) is 25.0 Å². The lowest BCUT2D eigenvalue weighted by Gasteiger charge is -2.23. The van der Waals surface area contributed by atoms with Gasteiger partial charge in [-0.05, 0) is 35.9 Å². The summed E-state index contributed by atoms with van der Waals surface area (Å²) < 4.78 is 27.2. The smallest absolute Gasteiger partial charge is 0.232 e. The minimum atomic E-state index is -0.658. The Hall–Kier alpha value is -3.27. The van der Waals surface area contributed by atoms with Crippen molar-refractivity contribution in [2.75, 3.05) is 11.9 Å². The molecule has 5 nitrogen and oxygen atoms in total. The maximum atomic E-state index is 14.0. The maximum absolute atomic E-state index is 14.0. The molecule has 1 N–H and O–H groups in total. The summed E-state index contributed by atoms with van der Waals surface area (Å²) in [6, 6.07) is 11.9. The Morgan fingerprint density at radius 2 is 1.88 bits per heavy atom. The van der Waals surface area contributed by atoms with E-state index in [-0.39, 0.29) is 17.9 Å². The summed E-state index contributed by atoms with van der Waals surface area (Å²) in [4.78, 5) is 18.6. The Morgan fingerprint density at radius 1 is 1.15 bits per heavy atom. The molecule has 2 aliphatic rings. The predicted molar refractivity (Wildman–Crippen MR) is 91.5 cm³/mol. The van der Waals surface area contributed by atoms with Gasteiger partial charge in [0.05, 0.1) is 23.6 Å². The molecule has 0 spiro atoms. The van der Waals surface area contributed by atoms with Crippen molar-refractivity contribution in [3.63, 3.8) is 0 Å². The average molecular weight is 352 g/mol. The first kappa shape index (κ1) is 16.2. The molecule has 2 aromatic carbocycles. The van der Waals surface area contributed by atoms with Crippen LogP contribution in [0, 0.1) is 28.9 Å². The fourth-order valence-corrected chi connectivity index (χ4v) is 3.34. The van der Waals surface area contributed by atoms with Crippen LogP contribution in [0.2, 0.25) is 0 Å². The highest BCUT2D eigenvalue weighted by Crippen LogP contribution is 2.52. The van der Waals surface area contributed by atoms with Crippen molar-refractivity contribution in [2.45, 2.75) is 12.0 Å². The van der Waals surface area contributed by atoms with Crippen LogP contribution in [0.4, 0.5) is 14.5 Å². The van der Waals surface area contributed by atoms with E-state index >= 15 is 0 Å². The lowest BCUT2D eigenvalue weighted by Crippen LogP contribution is -2.45. The fraction of sp³-hybridized carbons (Fsp3) is 0.211. The van der Waals surface area contributed by atoms with E-state index in [0.29, 0.717) is 17.1 Å². The summed E-state index contributed by atoms with van der Waals surface area (Å²) >= 11 is 0. The van der Waals surface area contributed by atoms with Crippen molar-refractivity contribution in [1.29, 1.82) is 5.26 Å². The maximum Gasteiger partial charge on any atom is 0.232 e. The topological polar surface area (TPSA) is 68.5 Å². The number of hydrogen-bond donors (Lipinski definition) is 1. The van der Waals surface area contributed by atoms with E-state index in [0.717, 1.165) is 11.8 Å². The second-order valence-electron chi connectivity index (χ2n) is 6.37. The van der Waals surface area contributed by atoms with E-state index in [1.54, 1.807) is 36.2 Å². The SMILES string of the molecule is CN(C1=NC2C(C(=O)N1)C2c1ccc(F)cc1F)c1ccc(C#N)cc1. The van der Waals surface area contributed by atoms with E-state index in [4.69, 9.17) is 5.26 Å². The first-order valence-electron chi connectivity index (χ1n) is 8.07. The van der Waals surface area contributed by atoms with Crippen LogP contribution in [0.3, 0.4) is 0 Å². The van der Waals surface area contributed by atoms with Crippen LogP contribution in [-0.2, 0) is 4.79 Å². The molecule has 1 aliphatic carbocycles. The Kier molecular flexibility index (Phi) is 3.69. The van der Waals surface area contributed by atoms with Gasteiger partial charge in [-0.15, -0.1) is 0 Å². The average Bonchev–Trinajstić information content (AvgIpc) is 3.36. The second-order valence-corrected chi connectivity index (χ2v) is 6.37. The summed E-state index contributed by atoms with van der Waals surface area (Å²) in [5, 5.41) is 11.6. The molecule has 1 fully saturated rings. The fourth-order valence-electron chi connectivity index (χ4n) is 3.34. The molecule has 26 heavy (non-hydrogen) atoms. The van der Waals surface area contributed by atoms with Gasteiger partial charge < -0.3 is 4.90 Å². The Labute approximate surface area is 148 Å². The van der Waals surface area contributed by atoms with E-state index < -0.39 is 17.6 Å². The van der Waals surface area contributed by atoms with Crippen molar-refractivity contribution in [2.24, 2.45) is 10.9 Å². The van der Waals surface area contributed by atoms with E-state index in [2.05, 4.69) is 10.3 Å². The van der Waals surface area contributed by atoms with Gasteiger partial charge in [0.15, 0.2) is 0 Å². The van der Waals surface area contributed by atoms with Crippen LogP contribution in [0.15, 0.2) is 47.5 Å². The zero-order valence-electron chi connectivity index (χ0n) is 13.8. The third-order valence-corrected chi connectivity index (χ3v) is 4.81. The Bertz CT molecular complexity index is 964. The number of guanidine groups is 1. The number of nitrogens with one attached hydrogen (secondary N) is 1. The summed E-state index contributed by atoms with van der Waals surface area (Å²) in [5.74, 6) is -1.99. The molecule has 1 aliphatic heterocycles. The van der Waals surface area contributed by atoms with Crippen LogP contribution in [0.1, 0.15) is 17.0 Å². The number of carbonyl (C=O) groups excluding carboxylic acids is 1. The van der Waals surface area contributed by atoms with Gasteiger partial charge in [-0.3, -0.25) is 10.1 Å². The number of nitrogens with zero attached hydrogens (tertiary/aromatic N) is 3. The van der Waals surface area contributed by atoms with Crippen molar-refractivity contribution >= 4 is 17.6 Å². The zero-order chi connectivity index (χ0) is 18.4. The molecule has 0 saturated heterocycles. The summed E-state index contributed by atoms with van der Waals surface area (Å²) in [7, 11) is 1.75. The summed E-state index contributed by atoms with van der Waals surface area (Å²) in [5.41, 5.74) is 1.60. The molecular weight excluding hydrogens is 338 g/mol. The largest absolute Gasteiger partial charge is 0.315 e. The minimum Gasteiger partial charge on any atom is -0.315 e. The Balaban J connectivity index is 1.60. The normalized spacial score (nSPS) is 23.4. The quantitative estimate of drug-likeness (QED) is 0.903. The van der Waals surface area contributed by atoms with E-state index in [1.807, 2.05) is 6.07 Å². The van der Waals surface area contributed by atoms with Gasteiger partial charge in [-0.2, -0.15) is 5.26 Å². The number of hydrogen-bond acceptors (Lipinski definition) is 4. The first-order valence-corrected chi connectivity index (χ1v) is 8.07. The van der Waals surface area contributed by atoms with Gasteiger partial charge in [0.2, 0.25) is 11.9 Å². The molecule has 3 unspecified atom stereocenters. The molecular formula is C19H14F2N4O. The molecule has 0 bridgehead atoms. The third-order valence-electron chi connectivity index (χ3n) is 4.81. The predicted octanol–water partition coefficient (Wildman–Crippen LogP) is 2.54. The number of benzene rings is 2. The number of rotatable bonds is 2. The minimum absolute atomic E-state index is 0.228. The summed E-state index contributed by atoms with van der Waals surface area (Å²) in [6.07, 6.45) is 0. The van der Waals surface area contributed by atoms with Crippen molar-refractivity contribution in [1.82, 2.24) is 5.32 Å². The molecule has 0 radical (unpaired) electrons. The molecule has 0 aromatic heterocycles. The molecule has 2 aromatic rings. The molecule has 1 saturated carbocycles. The van der Waals surface area contributed by atoms with E-state index in [1.165, 1.54) is 12.1 Å². The van der Waals surface area contributed by atoms with Crippen molar-refractivity contribution in [3.05, 3.63) is 65.2 Å². The number of nitriles is 1. The first-order chi connectivity index (χ1) is 12.5. The van der Waals surface area contributed by atoms with Gasteiger partial charge >= 0.3 is 0 Å². The molecule has 3 atom stereocenters. The lowest BCUT2D eigenvalue weighted by molar-refractivity contribution is -0.121. The van der Waals surface area contributed by atoms with Crippen molar-refractivity contribution < 1.29 is 13.6 Å². The zero-order valence-corrected chi connectivity index (χ0v) is 13.8. The number of aliphatic imine (C=N–C) groups is 1. The van der Waals surface area contributed by atoms with Gasteiger partial charge in [-0.1, -0.05) is 6.07 Å². The van der Waals surface area contributed by atoms with E-state index in [9.17, 15) is 13.6 Å². The molecule has 7 heteroatoms.